The monoisotopic (exact) mass is 333 g/mol. The molecule has 24 heavy (non-hydrogen) atoms. The van der Waals surface area contributed by atoms with Gasteiger partial charge in [-0.3, -0.25) is 4.79 Å². The molecule has 0 atom stereocenters. The van der Waals surface area contributed by atoms with E-state index in [9.17, 15) is 14.4 Å². The van der Waals surface area contributed by atoms with E-state index in [-0.39, 0.29) is 30.4 Å². The maximum atomic E-state index is 12.3. The fraction of sp³-hybridized carbons (Fsp3) is 0.353. The van der Waals surface area contributed by atoms with Crippen LogP contribution in [0.4, 0.5) is 5.69 Å². The SMILES string of the molecule is COC(=O)C1=C(C(=O)OC)N(c2cc(C)ccc2C(C)=O)COC1. The van der Waals surface area contributed by atoms with Gasteiger partial charge in [0, 0.05) is 5.56 Å². The van der Waals surface area contributed by atoms with Gasteiger partial charge in [0.15, 0.2) is 5.78 Å². The van der Waals surface area contributed by atoms with Gasteiger partial charge in [-0.2, -0.15) is 0 Å². The summed E-state index contributed by atoms with van der Waals surface area (Å²) in [5.41, 5.74) is 1.85. The van der Waals surface area contributed by atoms with Crippen molar-refractivity contribution in [2.75, 3.05) is 32.5 Å². The highest BCUT2D eigenvalue weighted by Crippen LogP contribution is 2.30. The van der Waals surface area contributed by atoms with Gasteiger partial charge in [-0.05, 0) is 31.5 Å². The third kappa shape index (κ3) is 3.30. The van der Waals surface area contributed by atoms with Gasteiger partial charge in [0.25, 0.3) is 0 Å². The molecule has 7 nitrogen and oxygen atoms in total. The van der Waals surface area contributed by atoms with E-state index in [0.29, 0.717) is 11.3 Å². The van der Waals surface area contributed by atoms with Crippen molar-refractivity contribution in [2.24, 2.45) is 0 Å². The Morgan fingerprint density at radius 1 is 1.12 bits per heavy atom. The first kappa shape index (κ1) is 17.7. The van der Waals surface area contributed by atoms with E-state index in [0.717, 1.165) is 5.56 Å². The Balaban J connectivity index is 2.68. The van der Waals surface area contributed by atoms with Gasteiger partial charge in [0.1, 0.15) is 12.4 Å². The average Bonchev–Trinajstić information content (AvgIpc) is 2.59. The molecular formula is C17H19NO6. The summed E-state index contributed by atoms with van der Waals surface area (Å²) in [6.45, 7) is 3.23. The molecule has 1 aromatic rings. The molecule has 7 heteroatoms. The van der Waals surface area contributed by atoms with E-state index in [1.807, 2.05) is 6.92 Å². The Bertz CT molecular complexity index is 722. The van der Waals surface area contributed by atoms with Gasteiger partial charge in [-0.15, -0.1) is 0 Å². The van der Waals surface area contributed by atoms with Crippen molar-refractivity contribution in [1.29, 1.82) is 0 Å². The zero-order valence-electron chi connectivity index (χ0n) is 14.0. The van der Waals surface area contributed by atoms with Gasteiger partial charge in [0.05, 0.1) is 32.1 Å². The van der Waals surface area contributed by atoms with Crippen molar-refractivity contribution in [1.82, 2.24) is 0 Å². The molecule has 0 bridgehead atoms. The smallest absolute Gasteiger partial charge is 0.355 e. The Hall–Kier alpha value is -2.67. The first-order chi connectivity index (χ1) is 11.4. The summed E-state index contributed by atoms with van der Waals surface area (Å²) in [5, 5.41) is 0. The number of carbonyl (C=O) groups excluding carboxylic acids is 3. The molecular weight excluding hydrogens is 314 g/mol. The van der Waals surface area contributed by atoms with E-state index < -0.39 is 11.9 Å². The predicted molar refractivity (Wildman–Crippen MR) is 85.5 cm³/mol. The highest BCUT2D eigenvalue weighted by atomic mass is 16.5. The predicted octanol–water partition coefficient (Wildman–Crippen LogP) is 1.59. The standard InChI is InChI=1S/C17H19NO6/c1-10-5-6-12(11(2)19)14(7-10)18-9-24-8-13(16(20)22-3)15(18)17(21)23-4/h5-7H,8-9H2,1-4H3. The molecule has 1 aliphatic rings. The Morgan fingerprint density at radius 3 is 2.38 bits per heavy atom. The van der Waals surface area contributed by atoms with Crippen molar-refractivity contribution in [3.05, 3.63) is 40.6 Å². The maximum Gasteiger partial charge on any atom is 0.355 e. The number of carbonyl (C=O) groups is 3. The lowest BCUT2D eigenvalue weighted by Crippen LogP contribution is -2.39. The van der Waals surface area contributed by atoms with E-state index >= 15 is 0 Å². The largest absolute Gasteiger partial charge is 0.466 e. The van der Waals surface area contributed by atoms with Crippen molar-refractivity contribution >= 4 is 23.4 Å². The topological polar surface area (TPSA) is 82.1 Å². The van der Waals surface area contributed by atoms with Gasteiger partial charge in [-0.1, -0.05) is 6.07 Å². The van der Waals surface area contributed by atoms with Crippen LogP contribution in [0.25, 0.3) is 0 Å². The zero-order chi connectivity index (χ0) is 17.9. The zero-order valence-corrected chi connectivity index (χ0v) is 14.0. The van der Waals surface area contributed by atoms with Crippen LogP contribution in [0.3, 0.4) is 0 Å². The number of anilines is 1. The van der Waals surface area contributed by atoms with Gasteiger partial charge < -0.3 is 19.1 Å². The highest BCUT2D eigenvalue weighted by Gasteiger charge is 2.33. The summed E-state index contributed by atoms with van der Waals surface area (Å²) in [5.74, 6) is -1.55. The lowest BCUT2D eigenvalue weighted by atomic mass is 10.0. The minimum absolute atomic E-state index is 0.00859. The quantitative estimate of drug-likeness (QED) is 0.611. The third-order valence-corrected chi connectivity index (χ3v) is 3.66. The van der Waals surface area contributed by atoms with Crippen LogP contribution in [-0.2, 0) is 23.8 Å². The van der Waals surface area contributed by atoms with E-state index in [4.69, 9.17) is 14.2 Å². The van der Waals surface area contributed by atoms with Crippen LogP contribution < -0.4 is 4.90 Å². The maximum absolute atomic E-state index is 12.3. The number of rotatable bonds is 4. The van der Waals surface area contributed by atoms with Gasteiger partial charge in [0.2, 0.25) is 0 Å². The second kappa shape index (κ2) is 7.27. The first-order valence-corrected chi connectivity index (χ1v) is 7.27. The number of hydrogen-bond acceptors (Lipinski definition) is 7. The molecule has 128 valence electrons. The van der Waals surface area contributed by atoms with Crippen LogP contribution in [0, 0.1) is 6.92 Å². The number of esters is 2. The van der Waals surface area contributed by atoms with Crippen LogP contribution in [0.15, 0.2) is 29.5 Å². The second-order valence-corrected chi connectivity index (χ2v) is 5.29. The Morgan fingerprint density at radius 2 is 1.79 bits per heavy atom. The minimum Gasteiger partial charge on any atom is -0.466 e. The van der Waals surface area contributed by atoms with Crippen molar-refractivity contribution in [3.63, 3.8) is 0 Å². The van der Waals surface area contributed by atoms with Crippen LogP contribution in [0.2, 0.25) is 0 Å². The molecule has 0 amide bonds. The second-order valence-electron chi connectivity index (χ2n) is 5.29. The summed E-state index contributed by atoms with van der Waals surface area (Å²) in [6, 6.07) is 5.23. The molecule has 1 aliphatic heterocycles. The lowest BCUT2D eigenvalue weighted by Gasteiger charge is -2.32. The van der Waals surface area contributed by atoms with Gasteiger partial charge >= 0.3 is 11.9 Å². The van der Waals surface area contributed by atoms with Gasteiger partial charge in [-0.25, -0.2) is 9.59 Å². The van der Waals surface area contributed by atoms with Crippen LogP contribution in [0.5, 0.6) is 0 Å². The number of ketones is 1. The molecule has 0 fully saturated rings. The number of methoxy groups -OCH3 is 2. The molecule has 0 spiro atoms. The number of Topliss-reactive ketones (excluding diaryl/α,β-unsaturated/α-hetero) is 1. The molecule has 2 rings (SSSR count). The summed E-state index contributed by atoms with van der Waals surface area (Å²) in [4.78, 5) is 37.7. The number of hydrogen-bond donors (Lipinski definition) is 0. The summed E-state index contributed by atoms with van der Waals surface area (Å²) < 4.78 is 15.0. The number of nitrogens with zero attached hydrogens (tertiary/aromatic N) is 1. The molecule has 0 saturated carbocycles. The highest BCUT2D eigenvalue weighted by molar-refractivity contribution is 6.06. The minimum atomic E-state index is -0.699. The summed E-state index contributed by atoms with van der Waals surface area (Å²) >= 11 is 0. The van der Waals surface area contributed by atoms with Crippen molar-refractivity contribution in [2.45, 2.75) is 13.8 Å². The van der Waals surface area contributed by atoms with Crippen LogP contribution in [-0.4, -0.2) is 45.3 Å². The molecule has 0 N–H and O–H groups in total. The van der Waals surface area contributed by atoms with E-state index in [1.54, 1.807) is 18.2 Å². The van der Waals surface area contributed by atoms with E-state index in [1.165, 1.54) is 26.0 Å². The fourth-order valence-corrected chi connectivity index (χ4v) is 2.50. The lowest BCUT2D eigenvalue weighted by molar-refractivity contribution is -0.140. The number of aryl methyl sites for hydroxylation is 1. The summed E-state index contributed by atoms with van der Waals surface area (Å²) in [7, 11) is 2.44. The van der Waals surface area contributed by atoms with Crippen molar-refractivity contribution < 1.29 is 28.6 Å². The normalized spacial score (nSPS) is 14.4. The molecule has 0 aliphatic carbocycles. The van der Waals surface area contributed by atoms with Crippen LogP contribution in [0.1, 0.15) is 22.8 Å². The number of benzene rings is 1. The van der Waals surface area contributed by atoms with E-state index in [2.05, 4.69) is 0 Å². The summed E-state index contributed by atoms with van der Waals surface area (Å²) in [6.07, 6.45) is 0. The van der Waals surface area contributed by atoms with Crippen molar-refractivity contribution in [3.8, 4) is 0 Å². The Labute approximate surface area is 139 Å². The third-order valence-electron chi connectivity index (χ3n) is 3.66. The van der Waals surface area contributed by atoms with Crippen LogP contribution >= 0.6 is 0 Å². The molecule has 0 unspecified atom stereocenters. The fourth-order valence-electron chi connectivity index (χ4n) is 2.50. The Kier molecular flexibility index (Phi) is 5.35. The number of ether oxygens (including phenoxy) is 3. The molecule has 1 heterocycles. The molecule has 0 radical (unpaired) electrons. The average molecular weight is 333 g/mol. The molecule has 1 aromatic carbocycles. The first-order valence-electron chi connectivity index (χ1n) is 7.27. The molecule has 0 aromatic heterocycles. The molecule has 0 saturated heterocycles.